The van der Waals surface area contributed by atoms with Gasteiger partial charge >= 0.3 is 6.03 Å². The minimum atomic E-state index is -0.143. The second-order valence-corrected chi connectivity index (χ2v) is 6.72. The third-order valence-corrected chi connectivity index (χ3v) is 5.00. The highest BCUT2D eigenvalue weighted by Gasteiger charge is 2.23. The van der Waals surface area contributed by atoms with Gasteiger partial charge in [0.2, 0.25) is 0 Å². The Labute approximate surface area is 151 Å². The predicted octanol–water partition coefficient (Wildman–Crippen LogP) is 3.14. The lowest BCUT2D eigenvalue weighted by Crippen LogP contribution is -2.39. The Morgan fingerprint density at radius 3 is 2.44 bits per heavy atom. The van der Waals surface area contributed by atoms with E-state index in [1.807, 2.05) is 22.4 Å². The normalized spacial score (nSPS) is 14.8. The van der Waals surface area contributed by atoms with Crippen LogP contribution in [0.3, 0.4) is 0 Å². The van der Waals surface area contributed by atoms with Crippen LogP contribution in [0.2, 0.25) is 0 Å². The maximum atomic E-state index is 12.5. The average molecular weight is 359 g/mol. The number of amides is 3. The number of anilines is 1. The van der Waals surface area contributed by atoms with E-state index in [1.54, 1.807) is 36.3 Å². The summed E-state index contributed by atoms with van der Waals surface area (Å²) >= 11 is 1.45. The first-order valence-corrected chi connectivity index (χ1v) is 9.08. The summed E-state index contributed by atoms with van der Waals surface area (Å²) < 4.78 is 5.11. The molecule has 7 heteroatoms. The van der Waals surface area contributed by atoms with Gasteiger partial charge in [-0.2, -0.15) is 0 Å². The largest absolute Gasteiger partial charge is 0.497 e. The third kappa shape index (κ3) is 4.30. The molecule has 1 saturated heterocycles. The Bertz CT molecular complexity index is 716. The van der Waals surface area contributed by atoms with Gasteiger partial charge in [0, 0.05) is 31.9 Å². The van der Waals surface area contributed by atoms with Crippen LogP contribution >= 0.6 is 11.3 Å². The molecule has 25 heavy (non-hydrogen) atoms. The van der Waals surface area contributed by atoms with Crippen LogP contribution in [0.1, 0.15) is 16.1 Å². The van der Waals surface area contributed by atoms with Crippen molar-refractivity contribution in [1.29, 1.82) is 0 Å². The number of thiophene rings is 1. The summed E-state index contributed by atoms with van der Waals surface area (Å²) in [6.07, 6.45) is 0.771. The molecular weight excluding hydrogens is 338 g/mol. The first kappa shape index (κ1) is 17.3. The molecule has 1 aliphatic rings. The van der Waals surface area contributed by atoms with Gasteiger partial charge in [-0.3, -0.25) is 4.79 Å². The van der Waals surface area contributed by atoms with Crippen LogP contribution in [0.25, 0.3) is 0 Å². The van der Waals surface area contributed by atoms with Gasteiger partial charge in [-0.25, -0.2) is 4.79 Å². The molecule has 1 N–H and O–H groups in total. The van der Waals surface area contributed by atoms with Crippen LogP contribution in [0.5, 0.6) is 5.75 Å². The molecule has 0 radical (unpaired) electrons. The molecule has 1 aromatic heterocycles. The van der Waals surface area contributed by atoms with Crippen molar-refractivity contribution < 1.29 is 14.3 Å². The van der Waals surface area contributed by atoms with E-state index < -0.39 is 0 Å². The lowest BCUT2D eigenvalue weighted by Gasteiger charge is -2.22. The first-order chi connectivity index (χ1) is 12.2. The number of benzene rings is 1. The molecule has 1 aromatic carbocycles. The van der Waals surface area contributed by atoms with Crippen LogP contribution in [-0.2, 0) is 0 Å². The SMILES string of the molecule is COc1ccc(NC(=O)N2CCCN(C(=O)c3cccs3)CC2)cc1. The van der Waals surface area contributed by atoms with Gasteiger partial charge in [-0.1, -0.05) is 6.07 Å². The highest BCUT2D eigenvalue weighted by Crippen LogP contribution is 2.17. The fourth-order valence-electron chi connectivity index (χ4n) is 2.76. The monoisotopic (exact) mass is 359 g/mol. The average Bonchev–Trinajstić information content (AvgIpc) is 3.06. The van der Waals surface area contributed by atoms with Crippen LogP contribution in [0.15, 0.2) is 41.8 Å². The summed E-state index contributed by atoms with van der Waals surface area (Å²) in [6.45, 7) is 2.38. The lowest BCUT2D eigenvalue weighted by atomic mass is 10.3. The van der Waals surface area contributed by atoms with Crippen molar-refractivity contribution in [2.75, 3.05) is 38.6 Å². The summed E-state index contributed by atoms with van der Waals surface area (Å²) in [5, 5.41) is 4.79. The van der Waals surface area contributed by atoms with Crippen LogP contribution in [0.4, 0.5) is 10.5 Å². The summed E-state index contributed by atoms with van der Waals surface area (Å²) in [5.41, 5.74) is 0.724. The van der Waals surface area contributed by atoms with E-state index in [9.17, 15) is 9.59 Å². The van der Waals surface area contributed by atoms with E-state index in [2.05, 4.69) is 5.32 Å². The molecule has 1 aliphatic heterocycles. The van der Waals surface area contributed by atoms with Crippen molar-refractivity contribution in [1.82, 2.24) is 9.80 Å². The minimum absolute atomic E-state index is 0.0485. The van der Waals surface area contributed by atoms with Gasteiger partial charge in [-0.15, -0.1) is 11.3 Å². The molecule has 0 spiro atoms. The third-order valence-electron chi connectivity index (χ3n) is 4.14. The zero-order chi connectivity index (χ0) is 17.6. The summed E-state index contributed by atoms with van der Waals surface area (Å²) in [5.74, 6) is 0.794. The number of methoxy groups -OCH3 is 1. The Morgan fingerprint density at radius 2 is 1.76 bits per heavy atom. The van der Waals surface area contributed by atoms with Gasteiger partial charge in [0.15, 0.2) is 0 Å². The number of rotatable bonds is 3. The van der Waals surface area contributed by atoms with E-state index in [0.29, 0.717) is 26.2 Å². The lowest BCUT2D eigenvalue weighted by molar-refractivity contribution is 0.0767. The maximum absolute atomic E-state index is 12.5. The van der Waals surface area contributed by atoms with Crippen molar-refractivity contribution in [3.63, 3.8) is 0 Å². The van der Waals surface area contributed by atoms with Gasteiger partial charge < -0.3 is 19.9 Å². The van der Waals surface area contributed by atoms with Crippen LogP contribution < -0.4 is 10.1 Å². The number of nitrogens with one attached hydrogen (secondary N) is 1. The number of carbonyl (C=O) groups is 2. The van der Waals surface area contributed by atoms with E-state index in [-0.39, 0.29) is 11.9 Å². The van der Waals surface area contributed by atoms with E-state index in [1.165, 1.54) is 11.3 Å². The number of carbonyl (C=O) groups excluding carboxylic acids is 2. The predicted molar refractivity (Wildman–Crippen MR) is 98.4 cm³/mol. The Hall–Kier alpha value is -2.54. The molecule has 0 atom stereocenters. The van der Waals surface area contributed by atoms with Gasteiger partial charge in [0.1, 0.15) is 5.75 Å². The van der Waals surface area contributed by atoms with Crippen molar-refractivity contribution in [2.24, 2.45) is 0 Å². The summed E-state index contributed by atoms with van der Waals surface area (Å²) in [4.78, 5) is 29.2. The number of urea groups is 1. The maximum Gasteiger partial charge on any atom is 0.321 e. The van der Waals surface area contributed by atoms with Gasteiger partial charge in [0.05, 0.1) is 12.0 Å². The van der Waals surface area contributed by atoms with Crippen molar-refractivity contribution in [3.8, 4) is 5.75 Å². The zero-order valence-corrected chi connectivity index (χ0v) is 14.9. The van der Waals surface area contributed by atoms with Gasteiger partial charge in [0.25, 0.3) is 5.91 Å². The fourth-order valence-corrected chi connectivity index (χ4v) is 3.45. The Morgan fingerprint density at radius 1 is 1.04 bits per heavy atom. The zero-order valence-electron chi connectivity index (χ0n) is 14.1. The Kier molecular flexibility index (Phi) is 5.55. The number of hydrogen-bond donors (Lipinski definition) is 1. The highest BCUT2D eigenvalue weighted by molar-refractivity contribution is 7.12. The molecule has 1 fully saturated rings. The number of nitrogens with zero attached hydrogens (tertiary/aromatic N) is 2. The van der Waals surface area contributed by atoms with Crippen molar-refractivity contribution >= 4 is 29.0 Å². The molecule has 0 aliphatic carbocycles. The molecule has 0 unspecified atom stereocenters. The molecule has 0 bridgehead atoms. The molecule has 6 nitrogen and oxygen atoms in total. The fraction of sp³-hybridized carbons (Fsp3) is 0.333. The molecule has 3 amide bonds. The quantitative estimate of drug-likeness (QED) is 0.916. The molecule has 132 valence electrons. The second-order valence-electron chi connectivity index (χ2n) is 5.77. The minimum Gasteiger partial charge on any atom is -0.497 e. The van der Waals surface area contributed by atoms with E-state index in [4.69, 9.17) is 4.74 Å². The molecule has 3 rings (SSSR count). The number of ether oxygens (including phenoxy) is 1. The van der Waals surface area contributed by atoms with Crippen molar-refractivity contribution in [3.05, 3.63) is 46.7 Å². The van der Waals surface area contributed by atoms with Crippen LogP contribution in [0, 0.1) is 0 Å². The molecule has 2 aromatic rings. The van der Waals surface area contributed by atoms with E-state index in [0.717, 1.165) is 22.7 Å². The Balaban J connectivity index is 1.56. The molecule has 0 saturated carbocycles. The first-order valence-electron chi connectivity index (χ1n) is 8.20. The second kappa shape index (κ2) is 8.02. The molecular formula is C18H21N3O3S. The topological polar surface area (TPSA) is 61.9 Å². The smallest absolute Gasteiger partial charge is 0.321 e. The van der Waals surface area contributed by atoms with Crippen LogP contribution in [-0.4, -0.2) is 55.0 Å². The molecule has 2 heterocycles. The highest BCUT2D eigenvalue weighted by atomic mass is 32.1. The standard InChI is InChI=1S/C18H21N3O3S/c1-24-15-7-5-14(6-8-15)19-18(23)21-10-3-9-20(11-12-21)17(22)16-4-2-13-25-16/h2,4-8,13H,3,9-12H2,1H3,(H,19,23). The van der Waals surface area contributed by atoms with Crippen molar-refractivity contribution in [2.45, 2.75) is 6.42 Å². The summed E-state index contributed by atoms with van der Waals surface area (Å²) in [7, 11) is 1.61. The van der Waals surface area contributed by atoms with Gasteiger partial charge in [-0.05, 0) is 42.1 Å². The number of hydrogen-bond acceptors (Lipinski definition) is 4. The van der Waals surface area contributed by atoms with E-state index >= 15 is 0 Å². The summed E-state index contributed by atoms with van der Waals surface area (Å²) in [6, 6.07) is 10.8.